The zero-order chi connectivity index (χ0) is 27.5. The van der Waals surface area contributed by atoms with Crippen molar-refractivity contribution in [1.82, 2.24) is 20.5 Å². The maximum Gasteiger partial charge on any atom is 0.295 e. The number of aromatic nitrogens is 3. The first kappa shape index (κ1) is 26.1. The molecule has 3 heterocycles. The number of carbonyl (C=O) groups is 1. The molecule has 4 N–H and O–H groups in total. The molecule has 0 spiro atoms. The third-order valence-electron chi connectivity index (χ3n) is 7.89. The van der Waals surface area contributed by atoms with Gasteiger partial charge in [0, 0.05) is 60.5 Å². The fourth-order valence-electron chi connectivity index (χ4n) is 5.84. The van der Waals surface area contributed by atoms with Crippen LogP contribution in [0, 0.1) is 6.92 Å². The molecule has 6 rings (SSSR count). The van der Waals surface area contributed by atoms with Crippen LogP contribution in [0.2, 0.25) is 0 Å². The van der Waals surface area contributed by atoms with E-state index in [1.54, 1.807) is 31.3 Å². The predicted octanol–water partition coefficient (Wildman–Crippen LogP) is 4.78. The fraction of sp³-hybridized carbons (Fsp3) is 0.400. The van der Waals surface area contributed by atoms with Gasteiger partial charge >= 0.3 is 0 Å². The molecule has 0 unspecified atom stereocenters. The molecule has 2 aliphatic rings. The molecule has 1 aliphatic carbocycles. The number of aryl methyl sites for hydroxylation is 1. The number of rotatable bonds is 8. The monoisotopic (exact) mass is 541 g/mol. The number of benzene rings is 2. The number of nitrogens with one attached hydrogen (secondary N) is 2. The molecule has 4 aromatic rings. The van der Waals surface area contributed by atoms with Gasteiger partial charge in [-0.3, -0.25) is 4.79 Å². The first-order chi connectivity index (χ1) is 19.5. The van der Waals surface area contributed by atoms with Gasteiger partial charge in [0.1, 0.15) is 0 Å². The Morgan fingerprint density at radius 1 is 0.975 bits per heavy atom. The number of anilines is 2. The summed E-state index contributed by atoms with van der Waals surface area (Å²) in [7, 11) is 0. The summed E-state index contributed by atoms with van der Waals surface area (Å²) in [6.07, 6.45) is 8.53. The van der Waals surface area contributed by atoms with Gasteiger partial charge in [0.25, 0.3) is 6.01 Å². The van der Waals surface area contributed by atoms with E-state index in [2.05, 4.69) is 55.0 Å². The summed E-state index contributed by atoms with van der Waals surface area (Å²) in [6, 6.07) is 16.9. The van der Waals surface area contributed by atoms with E-state index in [1.807, 2.05) is 6.07 Å². The minimum atomic E-state index is -0.465. The molecular weight excluding hydrogens is 506 g/mol. The zero-order valence-corrected chi connectivity index (χ0v) is 22.7. The van der Waals surface area contributed by atoms with Crippen molar-refractivity contribution in [2.45, 2.75) is 63.6 Å². The van der Waals surface area contributed by atoms with Crippen molar-refractivity contribution in [1.29, 1.82) is 0 Å². The van der Waals surface area contributed by atoms with Crippen LogP contribution in [-0.4, -0.2) is 52.3 Å². The lowest BCUT2D eigenvalue weighted by Crippen LogP contribution is -2.54. The van der Waals surface area contributed by atoms with Crippen molar-refractivity contribution in [2.75, 3.05) is 23.3 Å². The molecule has 40 heavy (non-hydrogen) atoms. The maximum atomic E-state index is 11.6. The molecule has 0 radical (unpaired) electrons. The Balaban J connectivity index is 1.08. The zero-order valence-electron chi connectivity index (χ0n) is 22.7. The molecule has 1 aliphatic heterocycles. The van der Waals surface area contributed by atoms with E-state index < -0.39 is 5.91 Å². The Bertz CT molecular complexity index is 1450. The predicted molar refractivity (Wildman–Crippen MR) is 153 cm³/mol. The quantitative estimate of drug-likeness (QED) is 0.288. The maximum absolute atomic E-state index is 11.6. The lowest BCUT2D eigenvalue weighted by molar-refractivity contribution is 0.100. The normalized spacial score (nSPS) is 21.3. The molecule has 208 valence electrons. The Labute approximate surface area is 233 Å². The number of carbonyl (C=O) groups excluding carboxylic acids is 1. The van der Waals surface area contributed by atoms with Gasteiger partial charge in [-0.15, -0.1) is 10.2 Å². The molecule has 3 atom stereocenters. The SMILES string of the molecule is Cc1nnc(-c2ccc(N3CCC[C@H](N[C@@H]4CCCC[C@H]4Nc4ncc(-c5cccc(C(N)=O)c5)o4)C3)cc2)o1. The van der Waals surface area contributed by atoms with Crippen molar-refractivity contribution < 1.29 is 13.6 Å². The highest BCUT2D eigenvalue weighted by molar-refractivity contribution is 5.93. The van der Waals surface area contributed by atoms with Crippen molar-refractivity contribution >= 4 is 17.6 Å². The highest BCUT2D eigenvalue weighted by Crippen LogP contribution is 2.29. The number of oxazole rings is 1. The smallest absolute Gasteiger partial charge is 0.295 e. The molecule has 10 nitrogen and oxygen atoms in total. The Hall–Kier alpha value is -4.18. The first-order valence-corrected chi connectivity index (χ1v) is 14.1. The minimum Gasteiger partial charge on any atom is -0.424 e. The second-order valence-electron chi connectivity index (χ2n) is 10.7. The van der Waals surface area contributed by atoms with Gasteiger partial charge in [-0.25, -0.2) is 4.98 Å². The molecule has 2 fully saturated rings. The van der Waals surface area contributed by atoms with E-state index in [0.717, 1.165) is 49.9 Å². The lowest BCUT2D eigenvalue weighted by Gasteiger charge is -2.40. The summed E-state index contributed by atoms with van der Waals surface area (Å²) in [5.41, 5.74) is 8.79. The van der Waals surface area contributed by atoms with E-state index in [1.165, 1.54) is 18.5 Å². The first-order valence-electron chi connectivity index (χ1n) is 14.1. The summed E-state index contributed by atoms with van der Waals surface area (Å²) in [5.74, 6) is 1.26. The van der Waals surface area contributed by atoms with Gasteiger partial charge in [0.2, 0.25) is 17.7 Å². The van der Waals surface area contributed by atoms with Crippen LogP contribution in [0.15, 0.2) is 63.6 Å². The highest BCUT2D eigenvalue weighted by atomic mass is 16.4. The number of nitrogens with zero attached hydrogens (tertiary/aromatic N) is 4. The van der Waals surface area contributed by atoms with E-state index >= 15 is 0 Å². The van der Waals surface area contributed by atoms with E-state index in [-0.39, 0.29) is 6.04 Å². The molecule has 10 heteroatoms. The number of nitrogens with two attached hydrogens (primary N) is 1. The van der Waals surface area contributed by atoms with Gasteiger partial charge in [-0.2, -0.15) is 0 Å². The lowest BCUT2D eigenvalue weighted by atomic mass is 9.89. The highest BCUT2D eigenvalue weighted by Gasteiger charge is 2.30. The molecule has 1 saturated heterocycles. The average Bonchev–Trinajstić information content (AvgIpc) is 3.64. The third kappa shape index (κ3) is 5.86. The van der Waals surface area contributed by atoms with Gasteiger partial charge in [0.05, 0.1) is 6.20 Å². The Morgan fingerprint density at radius 3 is 2.58 bits per heavy atom. The van der Waals surface area contributed by atoms with Gasteiger partial charge in [-0.05, 0) is 62.1 Å². The van der Waals surface area contributed by atoms with Crippen molar-refractivity contribution in [2.24, 2.45) is 5.73 Å². The summed E-state index contributed by atoms with van der Waals surface area (Å²) in [6.45, 7) is 3.80. The second kappa shape index (κ2) is 11.5. The van der Waals surface area contributed by atoms with Crippen LogP contribution >= 0.6 is 0 Å². The number of primary amides is 1. The molecule has 2 aromatic carbocycles. The molecule has 2 aromatic heterocycles. The minimum absolute atomic E-state index is 0.227. The molecule has 0 bridgehead atoms. The summed E-state index contributed by atoms with van der Waals surface area (Å²) in [5, 5.41) is 15.6. The van der Waals surface area contributed by atoms with E-state index in [4.69, 9.17) is 14.6 Å². The van der Waals surface area contributed by atoms with Crippen molar-refractivity contribution in [3.05, 3.63) is 66.2 Å². The fourth-order valence-corrected chi connectivity index (χ4v) is 5.84. The van der Waals surface area contributed by atoms with Crippen LogP contribution in [0.4, 0.5) is 11.7 Å². The standard InChI is InChI=1S/C30H35N7O3/c1-19-35-36-29(39-19)20-11-13-24(14-12-20)37-15-5-8-23(18-37)33-25-9-2-3-10-26(25)34-30-32-17-27(40-30)21-6-4-7-22(16-21)28(31)38/h4,6-7,11-14,16-17,23,25-26,33H,2-3,5,8-10,15,18H2,1H3,(H2,31,38)(H,32,34)/t23-,25+,26+/m0/s1. The van der Waals surface area contributed by atoms with Crippen LogP contribution in [0.25, 0.3) is 22.8 Å². The van der Waals surface area contributed by atoms with Crippen LogP contribution in [0.3, 0.4) is 0 Å². The topological polar surface area (TPSA) is 135 Å². The van der Waals surface area contributed by atoms with Crippen LogP contribution in [0.5, 0.6) is 0 Å². The number of hydrogen-bond donors (Lipinski definition) is 3. The van der Waals surface area contributed by atoms with E-state index in [9.17, 15) is 4.79 Å². The number of piperidine rings is 1. The van der Waals surface area contributed by atoms with Crippen LogP contribution in [-0.2, 0) is 0 Å². The van der Waals surface area contributed by atoms with Crippen LogP contribution < -0.4 is 21.3 Å². The molecule has 1 amide bonds. The van der Waals surface area contributed by atoms with Gasteiger partial charge in [0.15, 0.2) is 5.76 Å². The molecular formula is C30H35N7O3. The number of hydrogen-bond acceptors (Lipinski definition) is 9. The number of amides is 1. The third-order valence-corrected chi connectivity index (χ3v) is 7.89. The molecule has 1 saturated carbocycles. The Kier molecular flexibility index (Phi) is 7.50. The van der Waals surface area contributed by atoms with Crippen LogP contribution in [0.1, 0.15) is 54.8 Å². The summed E-state index contributed by atoms with van der Waals surface area (Å²) < 4.78 is 11.6. The van der Waals surface area contributed by atoms with E-state index in [0.29, 0.717) is 41.2 Å². The summed E-state index contributed by atoms with van der Waals surface area (Å²) in [4.78, 5) is 18.5. The van der Waals surface area contributed by atoms with Gasteiger partial charge in [-0.1, -0.05) is 25.0 Å². The van der Waals surface area contributed by atoms with Crippen molar-refractivity contribution in [3.63, 3.8) is 0 Å². The largest absolute Gasteiger partial charge is 0.424 e. The Morgan fingerprint density at radius 2 is 1.80 bits per heavy atom. The second-order valence-corrected chi connectivity index (χ2v) is 10.7. The average molecular weight is 542 g/mol. The summed E-state index contributed by atoms with van der Waals surface area (Å²) >= 11 is 0. The van der Waals surface area contributed by atoms with Crippen molar-refractivity contribution in [3.8, 4) is 22.8 Å². The van der Waals surface area contributed by atoms with Gasteiger partial charge < -0.3 is 30.1 Å².